The van der Waals surface area contributed by atoms with Crippen molar-refractivity contribution >= 4 is 29.5 Å². The van der Waals surface area contributed by atoms with Gasteiger partial charge in [-0.25, -0.2) is 0 Å². The molecule has 2 nitrogen and oxygen atoms in total. The summed E-state index contributed by atoms with van der Waals surface area (Å²) in [4.78, 5) is 10.8. The fourth-order valence-corrected chi connectivity index (χ4v) is 3.38. The standard InChI is InChI=1S/C11H22O2S2/c1-5-7-14-11(4,15-8-6-2)9-13-10(3)12/h5-9H2,1-4H3. The van der Waals surface area contributed by atoms with E-state index in [1.807, 2.05) is 23.5 Å². The van der Waals surface area contributed by atoms with Crippen molar-refractivity contribution in [2.75, 3.05) is 18.1 Å². The van der Waals surface area contributed by atoms with E-state index in [2.05, 4.69) is 20.8 Å². The van der Waals surface area contributed by atoms with E-state index < -0.39 is 0 Å². The Morgan fingerprint density at radius 1 is 1.20 bits per heavy atom. The lowest BCUT2D eigenvalue weighted by Crippen LogP contribution is -2.25. The third-order valence-corrected chi connectivity index (χ3v) is 5.15. The number of rotatable bonds is 8. The van der Waals surface area contributed by atoms with Crippen LogP contribution in [-0.2, 0) is 9.53 Å². The van der Waals surface area contributed by atoms with Crippen LogP contribution in [0.15, 0.2) is 0 Å². The second-order valence-electron chi connectivity index (χ2n) is 3.61. The first-order valence-electron chi connectivity index (χ1n) is 5.45. The monoisotopic (exact) mass is 250 g/mol. The lowest BCUT2D eigenvalue weighted by molar-refractivity contribution is -0.141. The average Bonchev–Trinajstić information content (AvgIpc) is 2.21. The van der Waals surface area contributed by atoms with Gasteiger partial charge in [0.15, 0.2) is 0 Å². The van der Waals surface area contributed by atoms with Crippen LogP contribution >= 0.6 is 23.5 Å². The molecule has 90 valence electrons. The maximum absolute atomic E-state index is 10.8. The van der Waals surface area contributed by atoms with Gasteiger partial charge in [0.05, 0.1) is 4.08 Å². The van der Waals surface area contributed by atoms with Gasteiger partial charge in [0.25, 0.3) is 0 Å². The minimum absolute atomic E-state index is 0.0255. The topological polar surface area (TPSA) is 26.3 Å². The number of hydrogen-bond donors (Lipinski definition) is 0. The van der Waals surface area contributed by atoms with E-state index in [-0.39, 0.29) is 10.0 Å². The van der Waals surface area contributed by atoms with Gasteiger partial charge in [0.1, 0.15) is 6.61 Å². The molecule has 0 spiro atoms. The summed E-state index contributed by atoms with van der Waals surface area (Å²) in [5, 5.41) is 0. The summed E-state index contributed by atoms with van der Waals surface area (Å²) in [5.41, 5.74) is 0. The zero-order valence-corrected chi connectivity index (χ0v) is 11.8. The SMILES string of the molecule is CCCSC(C)(COC(C)=O)SCCC. The summed E-state index contributed by atoms with van der Waals surface area (Å²) >= 11 is 3.78. The van der Waals surface area contributed by atoms with Crippen molar-refractivity contribution in [3.63, 3.8) is 0 Å². The van der Waals surface area contributed by atoms with E-state index in [1.165, 1.54) is 6.92 Å². The Labute approximate surface area is 102 Å². The van der Waals surface area contributed by atoms with Gasteiger partial charge >= 0.3 is 5.97 Å². The molecule has 0 aliphatic carbocycles. The van der Waals surface area contributed by atoms with Crippen molar-refractivity contribution < 1.29 is 9.53 Å². The third kappa shape index (κ3) is 8.03. The molecule has 0 saturated carbocycles. The van der Waals surface area contributed by atoms with Gasteiger partial charge in [-0.1, -0.05) is 13.8 Å². The molecule has 15 heavy (non-hydrogen) atoms. The van der Waals surface area contributed by atoms with Crippen molar-refractivity contribution in [2.24, 2.45) is 0 Å². The Morgan fingerprint density at radius 3 is 2.00 bits per heavy atom. The summed E-state index contributed by atoms with van der Waals surface area (Å²) < 4.78 is 5.15. The van der Waals surface area contributed by atoms with Crippen LogP contribution in [0.5, 0.6) is 0 Å². The Morgan fingerprint density at radius 2 is 1.67 bits per heavy atom. The van der Waals surface area contributed by atoms with Crippen molar-refractivity contribution in [3.05, 3.63) is 0 Å². The molecule has 0 aliphatic heterocycles. The molecule has 0 aromatic carbocycles. The molecule has 0 N–H and O–H groups in total. The molecule has 0 fully saturated rings. The van der Waals surface area contributed by atoms with Crippen molar-refractivity contribution in [1.82, 2.24) is 0 Å². The van der Waals surface area contributed by atoms with E-state index >= 15 is 0 Å². The predicted octanol–water partition coefficient (Wildman–Crippen LogP) is 3.55. The molecule has 0 atom stereocenters. The number of thioether (sulfide) groups is 2. The second-order valence-corrected chi connectivity index (χ2v) is 7.07. The fourth-order valence-electron chi connectivity index (χ4n) is 0.994. The second kappa shape index (κ2) is 8.34. The Kier molecular flexibility index (Phi) is 8.43. The summed E-state index contributed by atoms with van der Waals surface area (Å²) in [5.74, 6) is 2.05. The van der Waals surface area contributed by atoms with Crippen molar-refractivity contribution in [2.45, 2.75) is 44.6 Å². The molecule has 0 amide bonds. The fraction of sp³-hybridized carbons (Fsp3) is 0.909. The highest BCUT2D eigenvalue weighted by Gasteiger charge is 2.26. The first kappa shape index (κ1) is 15.2. The Hall–Kier alpha value is 0.170. The normalized spacial score (nSPS) is 11.5. The van der Waals surface area contributed by atoms with Crippen LogP contribution in [0, 0.1) is 0 Å². The Bertz CT molecular complexity index is 175. The van der Waals surface area contributed by atoms with Gasteiger partial charge in [-0.2, -0.15) is 0 Å². The molecular formula is C11H22O2S2. The molecule has 0 bridgehead atoms. The molecule has 0 aromatic heterocycles. The molecule has 0 heterocycles. The first-order chi connectivity index (χ1) is 7.04. The van der Waals surface area contributed by atoms with Crippen LogP contribution in [0.2, 0.25) is 0 Å². The summed E-state index contributed by atoms with van der Waals surface area (Å²) in [7, 11) is 0. The third-order valence-electron chi connectivity index (χ3n) is 1.76. The predicted molar refractivity (Wildman–Crippen MR) is 70.5 cm³/mol. The molecule has 0 saturated heterocycles. The average molecular weight is 250 g/mol. The van der Waals surface area contributed by atoms with Gasteiger partial charge in [0.2, 0.25) is 0 Å². The molecule has 0 aromatic rings. The highest BCUT2D eigenvalue weighted by atomic mass is 32.2. The quantitative estimate of drug-likeness (QED) is 0.486. The number of ether oxygens (including phenoxy) is 1. The molecule has 0 radical (unpaired) electrons. The van der Waals surface area contributed by atoms with E-state index in [1.54, 1.807) is 0 Å². The van der Waals surface area contributed by atoms with Gasteiger partial charge in [-0.3, -0.25) is 4.79 Å². The largest absolute Gasteiger partial charge is 0.463 e. The lowest BCUT2D eigenvalue weighted by Gasteiger charge is -2.27. The smallest absolute Gasteiger partial charge is 0.302 e. The van der Waals surface area contributed by atoms with Crippen molar-refractivity contribution in [3.8, 4) is 0 Å². The molecule has 0 aliphatic rings. The molecule has 0 unspecified atom stereocenters. The van der Waals surface area contributed by atoms with E-state index in [9.17, 15) is 4.79 Å². The Balaban J connectivity index is 4.06. The van der Waals surface area contributed by atoms with Crippen LogP contribution in [0.4, 0.5) is 0 Å². The maximum Gasteiger partial charge on any atom is 0.302 e. The summed E-state index contributed by atoms with van der Waals surface area (Å²) in [6, 6.07) is 0. The highest BCUT2D eigenvalue weighted by molar-refractivity contribution is 8.18. The molecule has 0 rings (SSSR count). The van der Waals surface area contributed by atoms with Gasteiger partial charge in [0, 0.05) is 6.92 Å². The number of hydrogen-bond acceptors (Lipinski definition) is 4. The van der Waals surface area contributed by atoms with Crippen LogP contribution in [-0.4, -0.2) is 28.2 Å². The lowest BCUT2D eigenvalue weighted by atomic mass is 10.5. The minimum atomic E-state index is -0.185. The first-order valence-corrected chi connectivity index (χ1v) is 7.42. The zero-order chi connectivity index (χ0) is 11.7. The summed E-state index contributed by atoms with van der Waals surface area (Å²) in [6.45, 7) is 8.48. The van der Waals surface area contributed by atoms with Gasteiger partial charge in [-0.15, -0.1) is 23.5 Å². The highest BCUT2D eigenvalue weighted by Crippen LogP contribution is 2.37. The number of esters is 1. The minimum Gasteiger partial charge on any atom is -0.463 e. The maximum atomic E-state index is 10.8. The van der Waals surface area contributed by atoms with E-state index in [4.69, 9.17) is 4.74 Å². The summed E-state index contributed by atoms with van der Waals surface area (Å²) in [6.07, 6.45) is 2.32. The number of carbonyl (C=O) groups excluding carboxylic acids is 1. The van der Waals surface area contributed by atoms with Crippen LogP contribution < -0.4 is 0 Å². The zero-order valence-electron chi connectivity index (χ0n) is 10.2. The van der Waals surface area contributed by atoms with E-state index in [0.717, 1.165) is 24.3 Å². The van der Waals surface area contributed by atoms with Crippen LogP contribution in [0.3, 0.4) is 0 Å². The van der Waals surface area contributed by atoms with Crippen LogP contribution in [0.25, 0.3) is 0 Å². The van der Waals surface area contributed by atoms with Gasteiger partial charge in [-0.05, 0) is 31.3 Å². The molecule has 4 heteroatoms. The van der Waals surface area contributed by atoms with Gasteiger partial charge < -0.3 is 4.74 Å². The number of carbonyl (C=O) groups is 1. The van der Waals surface area contributed by atoms with Crippen LogP contribution in [0.1, 0.15) is 40.5 Å². The van der Waals surface area contributed by atoms with E-state index in [0.29, 0.717) is 6.61 Å². The van der Waals surface area contributed by atoms with Crippen molar-refractivity contribution in [1.29, 1.82) is 0 Å². The molecular weight excluding hydrogens is 228 g/mol.